The first-order valence-electron chi connectivity index (χ1n) is 13.3. The van der Waals surface area contributed by atoms with Gasteiger partial charge in [-0.3, -0.25) is 4.79 Å². The van der Waals surface area contributed by atoms with Crippen molar-refractivity contribution < 1.29 is 14.3 Å². The monoisotopic (exact) mass is 658 g/mol. The van der Waals surface area contributed by atoms with Crippen molar-refractivity contribution in [3.63, 3.8) is 0 Å². The van der Waals surface area contributed by atoms with Crippen molar-refractivity contribution in [3.05, 3.63) is 72.5 Å². The van der Waals surface area contributed by atoms with E-state index in [1.54, 1.807) is 18.4 Å². The van der Waals surface area contributed by atoms with Gasteiger partial charge in [-0.1, -0.05) is 47.3 Å². The summed E-state index contributed by atoms with van der Waals surface area (Å²) >= 11 is 8.78. The van der Waals surface area contributed by atoms with Crippen molar-refractivity contribution in [1.82, 2.24) is 5.32 Å². The average molecular weight is 660 g/mol. The Morgan fingerprint density at radius 3 is 2.61 bits per heavy atom. The van der Waals surface area contributed by atoms with Crippen molar-refractivity contribution >= 4 is 60.3 Å². The van der Waals surface area contributed by atoms with Gasteiger partial charge >= 0.3 is 0 Å². The maximum Gasteiger partial charge on any atom is 0.254 e. The number of aryl methyl sites for hydroxylation is 1. The molecule has 0 atom stereocenters. The lowest BCUT2D eigenvalue weighted by Gasteiger charge is -2.23. The van der Waals surface area contributed by atoms with Crippen LogP contribution in [0.15, 0.2) is 50.3 Å². The van der Waals surface area contributed by atoms with Crippen LogP contribution in [-0.2, 0) is 19.4 Å². The second kappa shape index (κ2) is 12.8. The van der Waals surface area contributed by atoms with E-state index in [-0.39, 0.29) is 11.9 Å². The quantitative estimate of drug-likeness (QED) is 0.247. The Hall–Kier alpha value is -2.16. The van der Waals surface area contributed by atoms with Gasteiger partial charge in [0.15, 0.2) is 11.5 Å². The molecule has 38 heavy (non-hydrogen) atoms. The van der Waals surface area contributed by atoms with E-state index in [1.807, 2.05) is 42.6 Å². The van der Waals surface area contributed by atoms with Gasteiger partial charge in [-0.2, -0.15) is 0 Å². The minimum Gasteiger partial charge on any atom is -0.493 e. The zero-order valence-electron chi connectivity index (χ0n) is 21.5. The molecule has 0 unspecified atom stereocenters. The molecule has 1 saturated carbocycles. The molecule has 5 rings (SSSR count). The van der Waals surface area contributed by atoms with Crippen molar-refractivity contribution in [1.29, 1.82) is 0 Å². The molecule has 0 radical (unpaired) electrons. The van der Waals surface area contributed by atoms with Crippen LogP contribution in [0, 0.1) is 0 Å². The molecular formula is C30H32Br2N2O3S. The second-order valence-electron chi connectivity index (χ2n) is 9.91. The molecule has 3 aromatic rings. The fourth-order valence-electron chi connectivity index (χ4n) is 5.20. The van der Waals surface area contributed by atoms with Gasteiger partial charge in [0.2, 0.25) is 0 Å². The predicted molar refractivity (Wildman–Crippen MR) is 162 cm³/mol. The molecule has 2 aromatic carbocycles. The van der Waals surface area contributed by atoms with E-state index in [4.69, 9.17) is 14.5 Å². The summed E-state index contributed by atoms with van der Waals surface area (Å²) in [5.74, 6) is 1.31. The zero-order valence-corrected chi connectivity index (χ0v) is 25.5. The van der Waals surface area contributed by atoms with Crippen molar-refractivity contribution in [2.45, 2.75) is 70.4 Å². The number of fused-ring (bicyclic) bond motifs is 1. The standard InChI is InChI=1S/C30H32Br2N2O3S/c1-36-25-16-20(15-24(32)28(25)37-18-19-11-13-21(31)14-12-19)17-33-30-27(23-9-5-6-10-26(23)38-30)29(35)34-22-7-3-2-4-8-22/h11-17,22H,2-10,18H2,1H3,(H,34,35). The molecule has 0 saturated heterocycles. The maximum atomic E-state index is 13.5. The highest BCUT2D eigenvalue weighted by Gasteiger charge is 2.27. The Morgan fingerprint density at radius 2 is 1.84 bits per heavy atom. The lowest BCUT2D eigenvalue weighted by molar-refractivity contribution is 0.0927. The molecule has 0 spiro atoms. The molecule has 8 heteroatoms. The molecule has 0 aliphatic heterocycles. The third-order valence-electron chi connectivity index (χ3n) is 7.20. The third kappa shape index (κ3) is 6.52. The first-order chi connectivity index (χ1) is 18.5. The first kappa shape index (κ1) is 27.4. The van der Waals surface area contributed by atoms with Crippen LogP contribution in [0.1, 0.15) is 76.9 Å². The van der Waals surface area contributed by atoms with Crippen LogP contribution < -0.4 is 14.8 Å². The molecule has 2 aliphatic rings. The minimum atomic E-state index is 0.0406. The molecule has 5 nitrogen and oxygen atoms in total. The Balaban J connectivity index is 1.37. The number of carbonyl (C=O) groups is 1. The van der Waals surface area contributed by atoms with Gasteiger partial charge in [-0.15, -0.1) is 11.3 Å². The van der Waals surface area contributed by atoms with Crippen molar-refractivity contribution in [2.24, 2.45) is 4.99 Å². The Kier molecular flexibility index (Phi) is 9.23. The largest absolute Gasteiger partial charge is 0.493 e. The number of aliphatic imine (C=N–C) groups is 1. The van der Waals surface area contributed by atoms with E-state index in [1.165, 1.54) is 36.1 Å². The highest BCUT2D eigenvalue weighted by atomic mass is 79.9. The Labute approximate surface area is 245 Å². The number of hydrogen-bond donors (Lipinski definition) is 1. The Morgan fingerprint density at radius 1 is 1.08 bits per heavy atom. The SMILES string of the molecule is COc1cc(C=Nc2sc3c(c2C(=O)NC2CCCCC2)CCCC3)cc(Br)c1OCc1ccc(Br)cc1. The van der Waals surface area contributed by atoms with Crippen LogP contribution >= 0.6 is 43.2 Å². The summed E-state index contributed by atoms with van der Waals surface area (Å²) in [6, 6.07) is 12.2. The summed E-state index contributed by atoms with van der Waals surface area (Å²) in [6.45, 7) is 0.426. The normalized spacial score (nSPS) is 15.9. The molecule has 1 amide bonds. The van der Waals surface area contributed by atoms with E-state index >= 15 is 0 Å². The van der Waals surface area contributed by atoms with Gasteiger partial charge in [0, 0.05) is 21.6 Å². The molecular weight excluding hydrogens is 628 g/mol. The van der Waals surface area contributed by atoms with Gasteiger partial charge in [0.25, 0.3) is 5.91 Å². The van der Waals surface area contributed by atoms with Crippen LogP contribution in [0.5, 0.6) is 11.5 Å². The molecule has 200 valence electrons. The number of nitrogens with one attached hydrogen (secondary N) is 1. The summed E-state index contributed by atoms with van der Waals surface area (Å²) in [5, 5.41) is 4.12. The highest BCUT2D eigenvalue weighted by Crippen LogP contribution is 2.41. The van der Waals surface area contributed by atoms with Crippen molar-refractivity contribution in [2.75, 3.05) is 7.11 Å². The minimum absolute atomic E-state index is 0.0406. The Bertz CT molecular complexity index is 1310. The van der Waals surface area contributed by atoms with E-state index in [2.05, 4.69) is 37.2 Å². The van der Waals surface area contributed by atoms with E-state index in [0.717, 1.165) is 62.7 Å². The van der Waals surface area contributed by atoms with E-state index in [9.17, 15) is 4.79 Å². The predicted octanol–water partition coefficient (Wildman–Crippen LogP) is 8.55. The van der Waals surface area contributed by atoms with Crippen LogP contribution in [-0.4, -0.2) is 25.3 Å². The van der Waals surface area contributed by atoms with Crippen molar-refractivity contribution in [3.8, 4) is 11.5 Å². The number of carbonyl (C=O) groups excluding carboxylic acids is 1. The number of methoxy groups -OCH3 is 1. The molecule has 1 aromatic heterocycles. The van der Waals surface area contributed by atoms with E-state index < -0.39 is 0 Å². The fraction of sp³-hybridized carbons (Fsp3) is 0.400. The first-order valence-corrected chi connectivity index (χ1v) is 15.7. The number of ether oxygens (including phenoxy) is 2. The summed E-state index contributed by atoms with van der Waals surface area (Å²) < 4.78 is 13.6. The summed E-state index contributed by atoms with van der Waals surface area (Å²) in [7, 11) is 1.64. The van der Waals surface area contributed by atoms with Gasteiger partial charge in [-0.25, -0.2) is 4.99 Å². The lowest BCUT2D eigenvalue weighted by Crippen LogP contribution is -2.36. The molecule has 1 heterocycles. The van der Waals surface area contributed by atoms with Crippen LogP contribution in [0.3, 0.4) is 0 Å². The average Bonchev–Trinajstić information content (AvgIpc) is 3.31. The van der Waals surface area contributed by atoms with Gasteiger partial charge < -0.3 is 14.8 Å². The van der Waals surface area contributed by atoms with Crippen LogP contribution in [0.2, 0.25) is 0 Å². The number of thiophene rings is 1. The smallest absolute Gasteiger partial charge is 0.254 e. The van der Waals surface area contributed by atoms with Gasteiger partial charge in [-0.05, 0) is 95.4 Å². The zero-order chi connectivity index (χ0) is 26.5. The molecule has 1 fully saturated rings. The van der Waals surface area contributed by atoms with Crippen LogP contribution in [0.25, 0.3) is 0 Å². The highest BCUT2D eigenvalue weighted by molar-refractivity contribution is 9.10. The number of halogens is 2. The number of amides is 1. The molecule has 1 N–H and O–H groups in total. The van der Waals surface area contributed by atoms with Crippen LogP contribution in [0.4, 0.5) is 5.00 Å². The topological polar surface area (TPSA) is 59.9 Å². The summed E-state index contributed by atoms with van der Waals surface area (Å²) in [6.07, 6.45) is 11.9. The number of hydrogen-bond acceptors (Lipinski definition) is 5. The fourth-order valence-corrected chi connectivity index (χ4v) is 7.27. The molecule has 0 bridgehead atoms. The number of nitrogens with zero attached hydrogens (tertiary/aromatic N) is 1. The second-order valence-corrected chi connectivity index (χ2v) is 12.8. The maximum absolute atomic E-state index is 13.5. The van der Waals surface area contributed by atoms with Gasteiger partial charge in [0.05, 0.1) is 17.1 Å². The summed E-state index contributed by atoms with van der Waals surface area (Å²) in [5.41, 5.74) is 3.92. The third-order valence-corrected chi connectivity index (χ3v) is 9.52. The van der Waals surface area contributed by atoms with E-state index in [0.29, 0.717) is 18.1 Å². The molecule has 2 aliphatic carbocycles. The number of benzene rings is 2. The van der Waals surface area contributed by atoms with Gasteiger partial charge in [0.1, 0.15) is 11.6 Å². The number of rotatable bonds is 8. The lowest BCUT2D eigenvalue weighted by atomic mass is 9.93. The summed E-state index contributed by atoms with van der Waals surface area (Å²) in [4.78, 5) is 19.6.